The Morgan fingerprint density at radius 2 is 1.88 bits per heavy atom. The SMILES string of the molecule is COc1ccc(-c2nc(COc3ccc(F)c(C(N)=O)c3F)sc2-c2ccccn2)cc1. The number of methoxy groups -OCH3 is 1. The summed E-state index contributed by atoms with van der Waals surface area (Å²) >= 11 is 1.34. The number of pyridine rings is 1. The van der Waals surface area contributed by atoms with Crippen LogP contribution in [0.25, 0.3) is 21.8 Å². The van der Waals surface area contributed by atoms with Crippen molar-refractivity contribution in [3.63, 3.8) is 0 Å². The van der Waals surface area contributed by atoms with Crippen LogP contribution in [-0.2, 0) is 6.61 Å². The first-order chi connectivity index (χ1) is 15.5. The van der Waals surface area contributed by atoms with Gasteiger partial charge < -0.3 is 15.2 Å². The van der Waals surface area contributed by atoms with E-state index in [9.17, 15) is 13.6 Å². The Bertz CT molecular complexity index is 1260. The number of halogens is 2. The Kier molecular flexibility index (Phi) is 6.09. The van der Waals surface area contributed by atoms with Gasteiger partial charge >= 0.3 is 0 Å². The van der Waals surface area contributed by atoms with Gasteiger partial charge in [0.25, 0.3) is 5.91 Å². The van der Waals surface area contributed by atoms with Crippen LogP contribution in [0.3, 0.4) is 0 Å². The van der Waals surface area contributed by atoms with Crippen LogP contribution in [-0.4, -0.2) is 23.0 Å². The molecule has 4 aromatic rings. The van der Waals surface area contributed by atoms with Gasteiger partial charge in [0, 0.05) is 11.8 Å². The average molecular weight is 453 g/mol. The van der Waals surface area contributed by atoms with E-state index >= 15 is 0 Å². The highest BCUT2D eigenvalue weighted by Crippen LogP contribution is 2.37. The lowest BCUT2D eigenvalue weighted by atomic mass is 10.1. The number of benzene rings is 2. The first kappa shape index (κ1) is 21.4. The number of amides is 1. The molecule has 2 N–H and O–H groups in total. The second kappa shape index (κ2) is 9.11. The van der Waals surface area contributed by atoms with Crippen molar-refractivity contribution < 1.29 is 23.0 Å². The van der Waals surface area contributed by atoms with Crippen LogP contribution in [0.1, 0.15) is 15.4 Å². The number of nitrogens with two attached hydrogens (primary N) is 1. The van der Waals surface area contributed by atoms with Gasteiger partial charge in [-0.25, -0.2) is 13.8 Å². The maximum atomic E-state index is 14.5. The molecule has 0 radical (unpaired) electrons. The zero-order valence-corrected chi connectivity index (χ0v) is 17.7. The Labute approximate surface area is 186 Å². The van der Waals surface area contributed by atoms with Crippen molar-refractivity contribution in [1.29, 1.82) is 0 Å². The third kappa shape index (κ3) is 4.28. The number of hydrogen-bond donors (Lipinski definition) is 1. The van der Waals surface area contributed by atoms with Gasteiger partial charge in [-0.15, -0.1) is 11.3 Å². The summed E-state index contributed by atoms with van der Waals surface area (Å²) in [5, 5.41) is 0.542. The van der Waals surface area contributed by atoms with Crippen LogP contribution in [0.5, 0.6) is 11.5 Å². The highest BCUT2D eigenvalue weighted by Gasteiger charge is 2.21. The third-order valence-corrected chi connectivity index (χ3v) is 5.64. The predicted molar refractivity (Wildman–Crippen MR) is 117 cm³/mol. The Hall–Kier alpha value is -3.85. The zero-order valence-electron chi connectivity index (χ0n) is 16.8. The minimum absolute atomic E-state index is 0.0958. The quantitative estimate of drug-likeness (QED) is 0.433. The van der Waals surface area contributed by atoms with Crippen molar-refractivity contribution in [1.82, 2.24) is 9.97 Å². The minimum atomic E-state index is -1.21. The monoisotopic (exact) mass is 453 g/mol. The lowest BCUT2D eigenvalue weighted by molar-refractivity contribution is 0.0991. The molecule has 0 aliphatic heterocycles. The molecule has 32 heavy (non-hydrogen) atoms. The molecule has 0 saturated heterocycles. The molecule has 0 fully saturated rings. The third-order valence-electron chi connectivity index (χ3n) is 4.59. The smallest absolute Gasteiger partial charge is 0.254 e. The minimum Gasteiger partial charge on any atom is -0.497 e. The van der Waals surface area contributed by atoms with Crippen LogP contribution < -0.4 is 15.2 Å². The van der Waals surface area contributed by atoms with Gasteiger partial charge in [-0.2, -0.15) is 0 Å². The van der Waals surface area contributed by atoms with Gasteiger partial charge in [0.15, 0.2) is 11.6 Å². The second-order valence-corrected chi connectivity index (χ2v) is 7.70. The predicted octanol–water partition coefficient (Wildman–Crippen LogP) is 4.84. The van der Waals surface area contributed by atoms with E-state index < -0.39 is 23.1 Å². The van der Waals surface area contributed by atoms with E-state index in [0.717, 1.165) is 28.3 Å². The topological polar surface area (TPSA) is 87.3 Å². The number of primary amides is 1. The first-order valence-electron chi connectivity index (χ1n) is 9.44. The highest BCUT2D eigenvalue weighted by atomic mass is 32.1. The molecule has 2 aromatic heterocycles. The number of ether oxygens (including phenoxy) is 2. The lowest BCUT2D eigenvalue weighted by Crippen LogP contribution is -2.16. The molecule has 0 saturated carbocycles. The Morgan fingerprint density at radius 1 is 1.09 bits per heavy atom. The maximum Gasteiger partial charge on any atom is 0.254 e. The van der Waals surface area contributed by atoms with Crippen molar-refractivity contribution >= 4 is 17.2 Å². The molecule has 162 valence electrons. The van der Waals surface area contributed by atoms with E-state index in [1.54, 1.807) is 13.3 Å². The van der Waals surface area contributed by atoms with Gasteiger partial charge in [0.05, 0.1) is 23.4 Å². The molecular formula is C23H17F2N3O3S. The maximum absolute atomic E-state index is 14.5. The molecule has 0 spiro atoms. The summed E-state index contributed by atoms with van der Waals surface area (Å²) in [5.74, 6) is -2.98. The summed E-state index contributed by atoms with van der Waals surface area (Å²) in [6.07, 6.45) is 1.68. The van der Waals surface area contributed by atoms with E-state index in [-0.39, 0.29) is 12.4 Å². The Morgan fingerprint density at radius 3 is 2.53 bits per heavy atom. The molecule has 9 heteroatoms. The summed E-state index contributed by atoms with van der Waals surface area (Å²) in [6, 6.07) is 15.0. The molecule has 0 bridgehead atoms. The van der Waals surface area contributed by atoms with Crippen molar-refractivity contribution in [2.24, 2.45) is 5.73 Å². The molecule has 2 aromatic carbocycles. The molecule has 1 amide bonds. The van der Waals surface area contributed by atoms with Crippen LogP contribution >= 0.6 is 11.3 Å². The van der Waals surface area contributed by atoms with Crippen LogP contribution in [0.4, 0.5) is 8.78 Å². The zero-order chi connectivity index (χ0) is 22.7. The van der Waals surface area contributed by atoms with Gasteiger partial charge in [-0.05, 0) is 48.5 Å². The second-order valence-electron chi connectivity index (χ2n) is 6.62. The van der Waals surface area contributed by atoms with Gasteiger partial charge in [-0.3, -0.25) is 9.78 Å². The number of nitrogens with zero attached hydrogens (tertiary/aromatic N) is 2. The van der Waals surface area contributed by atoms with Gasteiger partial charge in [0.1, 0.15) is 28.7 Å². The summed E-state index contributed by atoms with van der Waals surface area (Å²) in [7, 11) is 1.59. The van der Waals surface area contributed by atoms with E-state index in [2.05, 4.69) is 9.97 Å². The summed E-state index contributed by atoms with van der Waals surface area (Å²) in [4.78, 5) is 21.2. The van der Waals surface area contributed by atoms with Crippen LogP contribution in [0, 0.1) is 11.6 Å². The number of rotatable bonds is 7. The van der Waals surface area contributed by atoms with E-state index in [1.165, 1.54) is 11.3 Å². The van der Waals surface area contributed by atoms with Crippen molar-refractivity contribution in [3.05, 3.63) is 83.0 Å². The summed E-state index contributed by atoms with van der Waals surface area (Å²) in [5.41, 5.74) is 6.49. The lowest BCUT2D eigenvalue weighted by Gasteiger charge is -2.08. The van der Waals surface area contributed by atoms with Crippen LogP contribution in [0.2, 0.25) is 0 Å². The summed E-state index contributed by atoms with van der Waals surface area (Å²) < 4.78 is 38.9. The van der Waals surface area contributed by atoms with Crippen molar-refractivity contribution in [2.45, 2.75) is 6.61 Å². The molecule has 0 atom stereocenters. The van der Waals surface area contributed by atoms with Gasteiger partial charge in [-0.1, -0.05) is 6.07 Å². The van der Waals surface area contributed by atoms with Gasteiger partial charge in [0.2, 0.25) is 0 Å². The fourth-order valence-electron chi connectivity index (χ4n) is 3.05. The number of carbonyl (C=O) groups is 1. The average Bonchev–Trinajstić information content (AvgIpc) is 3.23. The number of aromatic nitrogens is 2. The Balaban J connectivity index is 1.68. The molecule has 0 aliphatic rings. The largest absolute Gasteiger partial charge is 0.497 e. The molecular weight excluding hydrogens is 436 g/mol. The molecule has 2 heterocycles. The number of carbonyl (C=O) groups excluding carboxylic acids is 1. The van der Waals surface area contributed by atoms with E-state index in [0.29, 0.717) is 16.5 Å². The highest BCUT2D eigenvalue weighted by molar-refractivity contribution is 7.15. The van der Waals surface area contributed by atoms with E-state index in [1.807, 2.05) is 42.5 Å². The number of thiazole rings is 1. The standard InChI is InChI=1S/C23H17F2N3O3S/c1-30-14-7-5-13(6-8-14)21-22(16-4-2-3-11-27-16)32-18(28-21)12-31-17-10-9-15(24)19(20(17)25)23(26)29/h2-11H,12H2,1H3,(H2,26,29). The number of hydrogen-bond acceptors (Lipinski definition) is 6. The fraction of sp³-hybridized carbons (Fsp3) is 0.0870. The molecule has 6 nitrogen and oxygen atoms in total. The molecule has 0 unspecified atom stereocenters. The normalized spacial score (nSPS) is 10.7. The fourth-order valence-corrected chi connectivity index (χ4v) is 4.03. The van der Waals surface area contributed by atoms with Crippen LogP contribution in [0.15, 0.2) is 60.8 Å². The van der Waals surface area contributed by atoms with Crippen molar-refractivity contribution in [2.75, 3.05) is 7.11 Å². The first-order valence-corrected chi connectivity index (χ1v) is 10.3. The van der Waals surface area contributed by atoms with Crippen molar-refractivity contribution in [3.8, 4) is 33.3 Å². The molecule has 0 aliphatic carbocycles. The summed E-state index contributed by atoms with van der Waals surface area (Å²) in [6.45, 7) is -0.0958. The molecule has 4 rings (SSSR count). The van der Waals surface area contributed by atoms with E-state index in [4.69, 9.17) is 15.2 Å².